The van der Waals surface area contributed by atoms with Gasteiger partial charge in [-0.2, -0.15) is 0 Å². The second-order valence-corrected chi connectivity index (χ2v) is 5.64. The second kappa shape index (κ2) is 5.91. The van der Waals surface area contributed by atoms with Gasteiger partial charge in [0.1, 0.15) is 11.3 Å². The molecule has 126 valence electrons. The van der Waals surface area contributed by atoms with Gasteiger partial charge in [-0.15, -0.1) is 0 Å². The molecule has 9 heteroatoms. The number of fused-ring (bicyclic) bond motifs is 1. The highest BCUT2D eigenvalue weighted by molar-refractivity contribution is 5.97. The number of rotatable bonds is 3. The summed E-state index contributed by atoms with van der Waals surface area (Å²) in [6, 6.07) is 2.23. The van der Waals surface area contributed by atoms with Gasteiger partial charge in [0.05, 0.1) is 28.0 Å². The molecule has 1 aliphatic heterocycles. The van der Waals surface area contributed by atoms with Gasteiger partial charge in [-0.3, -0.25) is 19.9 Å². The number of halogens is 1. The van der Waals surface area contributed by atoms with Crippen molar-refractivity contribution < 1.29 is 24.3 Å². The van der Waals surface area contributed by atoms with Gasteiger partial charge in [0.15, 0.2) is 0 Å². The molecule has 2 heterocycles. The van der Waals surface area contributed by atoms with Crippen LogP contribution in [0, 0.1) is 21.8 Å². The van der Waals surface area contributed by atoms with Gasteiger partial charge in [-0.1, -0.05) is 0 Å². The number of hydrogen-bond donors (Lipinski definition) is 2. The number of nitro benzene ring substituents is 1. The molecule has 24 heavy (non-hydrogen) atoms. The highest BCUT2D eigenvalue weighted by Gasteiger charge is 2.28. The molecule has 0 radical (unpaired) electrons. The molecule has 0 saturated carbocycles. The van der Waals surface area contributed by atoms with E-state index in [4.69, 9.17) is 5.11 Å². The Balaban J connectivity index is 2.06. The molecule has 1 aliphatic rings. The SMILES string of the molecule is O=C(O)C1CCN(c2ccnc3c(O)c([N+](=O)[O-])cc(F)c23)CC1. The van der Waals surface area contributed by atoms with E-state index >= 15 is 0 Å². The van der Waals surface area contributed by atoms with Crippen LogP contribution in [-0.2, 0) is 4.79 Å². The van der Waals surface area contributed by atoms with Gasteiger partial charge in [-0.05, 0) is 18.9 Å². The molecular weight excluding hydrogens is 321 g/mol. The fraction of sp³-hybridized carbons (Fsp3) is 0.333. The van der Waals surface area contributed by atoms with E-state index < -0.39 is 34.1 Å². The predicted molar refractivity (Wildman–Crippen MR) is 82.6 cm³/mol. The van der Waals surface area contributed by atoms with Crippen LogP contribution >= 0.6 is 0 Å². The molecular formula is C15H14FN3O5. The Morgan fingerprint density at radius 3 is 2.67 bits per heavy atom. The lowest BCUT2D eigenvalue weighted by atomic mass is 9.96. The zero-order chi connectivity index (χ0) is 17.4. The maximum atomic E-state index is 14.4. The fourth-order valence-electron chi connectivity index (χ4n) is 3.02. The number of carbonyl (C=O) groups is 1. The summed E-state index contributed by atoms with van der Waals surface area (Å²) in [6.45, 7) is 0.820. The monoisotopic (exact) mass is 335 g/mol. The molecule has 2 aromatic rings. The largest absolute Gasteiger partial charge is 0.501 e. The molecule has 0 unspecified atom stereocenters. The maximum Gasteiger partial charge on any atom is 0.315 e. The summed E-state index contributed by atoms with van der Waals surface area (Å²) in [6.07, 6.45) is 2.17. The van der Waals surface area contributed by atoms with Crippen LogP contribution in [0.5, 0.6) is 5.75 Å². The zero-order valence-electron chi connectivity index (χ0n) is 12.5. The first kappa shape index (κ1) is 15.9. The summed E-state index contributed by atoms with van der Waals surface area (Å²) in [4.78, 5) is 26.7. The van der Waals surface area contributed by atoms with Crippen molar-refractivity contribution in [2.24, 2.45) is 5.92 Å². The van der Waals surface area contributed by atoms with Crippen LogP contribution in [0.2, 0.25) is 0 Å². The Labute approximate surface area is 135 Å². The number of anilines is 1. The first-order valence-electron chi connectivity index (χ1n) is 7.32. The Morgan fingerprint density at radius 1 is 1.42 bits per heavy atom. The van der Waals surface area contributed by atoms with Crippen LogP contribution < -0.4 is 4.90 Å². The van der Waals surface area contributed by atoms with Gasteiger partial charge < -0.3 is 15.1 Å². The molecule has 0 atom stereocenters. The molecule has 0 amide bonds. The topological polar surface area (TPSA) is 117 Å². The van der Waals surface area contributed by atoms with Crippen LogP contribution in [0.15, 0.2) is 18.3 Å². The third-order valence-corrected chi connectivity index (χ3v) is 4.28. The van der Waals surface area contributed by atoms with Crippen LogP contribution in [0.3, 0.4) is 0 Å². The lowest BCUT2D eigenvalue weighted by Gasteiger charge is -2.32. The van der Waals surface area contributed by atoms with Gasteiger partial charge in [0.25, 0.3) is 0 Å². The van der Waals surface area contributed by atoms with Crippen LogP contribution in [-0.4, -0.2) is 39.2 Å². The number of nitrogens with zero attached hydrogens (tertiary/aromatic N) is 3. The van der Waals surface area contributed by atoms with Crippen molar-refractivity contribution in [3.05, 3.63) is 34.3 Å². The maximum absolute atomic E-state index is 14.4. The van der Waals surface area contributed by atoms with E-state index in [1.807, 2.05) is 0 Å². The third-order valence-electron chi connectivity index (χ3n) is 4.28. The van der Waals surface area contributed by atoms with E-state index in [9.17, 15) is 24.4 Å². The van der Waals surface area contributed by atoms with Gasteiger partial charge in [-0.25, -0.2) is 4.39 Å². The Hall–Kier alpha value is -2.97. The summed E-state index contributed by atoms with van der Waals surface area (Å²) in [5, 5.41) is 29.9. The molecule has 1 saturated heterocycles. The van der Waals surface area contributed by atoms with E-state index in [-0.39, 0.29) is 10.9 Å². The predicted octanol–water partition coefficient (Wildman–Crippen LogP) is 2.29. The first-order chi connectivity index (χ1) is 11.4. The number of carboxylic acid groups (broad SMARTS) is 1. The van der Waals surface area contributed by atoms with E-state index in [1.165, 1.54) is 6.20 Å². The first-order valence-corrected chi connectivity index (χ1v) is 7.32. The van der Waals surface area contributed by atoms with Crippen LogP contribution in [0.4, 0.5) is 15.8 Å². The number of nitro groups is 1. The highest BCUT2D eigenvalue weighted by Crippen LogP contribution is 2.39. The van der Waals surface area contributed by atoms with Crippen molar-refractivity contribution in [1.29, 1.82) is 0 Å². The lowest BCUT2D eigenvalue weighted by molar-refractivity contribution is -0.385. The summed E-state index contributed by atoms with van der Waals surface area (Å²) in [7, 11) is 0. The zero-order valence-corrected chi connectivity index (χ0v) is 12.5. The average Bonchev–Trinajstić information content (AvgIpc) is 2.57. The Kier molecular flexibility index (Phi) is 3.92. The molecule has 1 aromatic heterocycles. The molecule has 0 aliphatic carbocycles. The van der Waals surface area contributed by atoms with E-state index in [1.54, 1.807) is 11.0 Å². The summed E-state index contributed by atoms with van der Waals surface area (Å²) in [5.74, 6) is -2.82. The normalized spacial score (nSPS) is 15.6. The lowest BCUT2D eigenvalue weighted by Crippen LogP contribution is -2.36. The highest BCUT2D eigenvalue weighted by atomic mass is 19.1. The van der Waals surface area contributed by atoms with Gasteiger partial charge in [0, 0.05) is 19.3 Å². The Bertz CT molecular complexity index is 833. The third kappa shape index (κ3) is 2.57. The quantitative estimate of drug-likeness (QED) is 0.653. The van der Waals surface area contributed by atoms with Crippen LogP contribution in [0.25, 0.3) is 10.9 Å². The molecule has 1 fully saturated rings. The minimum Gasteiger partial charge on any atom is -0.501 e. The van der Waals surface area contributed by atoms with Crippen molar-refractivity contribution in [3.63, 3.8) is 0 Å². The number of pyridine rings is 1. The van der Waals surface area contributed by atoms with E-state index in [0.29, 0.717) is 37.7 Å². The molecule has 3 rings (SSSR count). The smallest absolute Gasteiger partial charge is 0.315 e. The van der Waals surface area contributed by atoms with Gasteiger partial charge in [0.2, 0.25) is 5.75 Å². The number of piperidine rings is 1. The summed E-state index contributed by atoms with van der Waals surface area (Å²) < 4.78 is 14.4. The number of phenolic OH excluding ortho intramolecular Hbond substituents is 1. The number of hydrogen-bond acceptors (Lipinski definition) is 6. The fourth-order valence-corrected chi connectivity index (χ4v) is 3.02. The van der Waals surface area contributed by atoms with Crippen LogP contribution in [0.1, 0.15) is 12.8 Å². The van der Waals surface area contributed by atoms with Crippen molar-refractivity contribution in [1.82, 2.24) is 4.98 Å². The van der Waals surface area contributed by atoms with Crippen molar-refractivity contribution >= 4 is 28.2 Å². The summed E-state index contributed by atoms with van der Waals surface area (Å²) in [5.41, 5.74) is -0.486. The van der Waals surface area contributed by atoms with E-state index in [2.05, 4.69) is 4.98 Å². The van der Waals surface area contributed by atoms with Gasteiger partial charge >= 0.3 is 11.7 Å². The molecule has 2 N–H and O–H groups in total. The molecule has 0 spiro atoms. The molecule has 8 nitrogen and oxygen atoms in total. The summed E-state index contributed by atoms with van der Waals surface area (Å²) >= 11 is 0. The molecule has 0 bridgehead atoms. The number of aliphatic carboxylic acids is 1. The minimum absolute atomic E-state index is 0.00521. The average molecular weight is 335 g/mol. The number of phenols is 1. The number of benzene rings is 1. The van der Waals surface area contributed by atoms with Crippen molar-refractivity contribution in [2.45, 2.75) is 12.8 Å². The van der Waals surface area contributed by atoms with Crippen molar-refractivity contribution in [3.8, 4) is 5.75 Å². The van der Waals surface area contributed by atoms with Crippen molar-refractivity contribution in [2.75, 3.05) is 18.0 Å². The van der Waals surface area contributed by atoms with E-state index in [0.717, 1.165) is 0 Å². The number of aromatic hydroxyl groups is 1. The Morgan fingerprint density at radius 2 is 2.08 bits per heavy atom. The second-order valence-electron chi connectivity index (χ2n) is 5.64. The standard InChI is InChI=1S/C15H14FN3O5/c16-9-7-11(19(23)24)14(20)13-12(9)10(1-4-17-13)18-5-2-8(3-6-18)15(21)22/h1,4,7-8,20H,2-3,5-6H2,(H,21,22). The minimum atomic E-state index is -0.870. The number of aromatic nitrogens is 1. The number of carboxylic acids is 1. The molecule has 1 aromatic carbocycles.